The van der Waals surface area contributed by atoms with Gasteiger partial charge in [-0.1, -0.05) is 11.8 Å². The molecule has 0 unspecified atom stereocenters. The van der Waals surface area contributed by atoms with Crippen molar-refractivity contribution in [2.75, 3.05) is 37.7 Å². The molecule has 17 heteroatoms. The van der Waals surface area contributed by atoms with Gasteiger partial charge in [0.05, 0.1) is 14.4 Å². The molecule has 0 aromatic carbocycles. The van der Waals surface area contributed by atoms with Crippen LogP contribution in [0.1, 0.15) is 85.5 Å². The fourth-order valence-corrected chi connectivity index (χ4v) is 7.48. The lowest BCUT2D eigenvalue weighted by Crippen LogP contribution is -2.42. The van der Waals surface area contributed by atoms with Gasteiger partial charge in [-0.25, -0.2) is 9.59 Å². The van der Waals surface area contributed by atoms with Crippen LogP contribution >= 0.6 is 46.1 Å². The fourth-order valence-electron chi connectivity index (χ4n) is 4.96. The van der Waals surface area contributed by atoms with Crippen molar-refractivity contribution < 1.29 is 37.0 Å². The molecule has 2 aliphatic heterocycles. The van der Waals surface area contributed by atoms with Gasteiger partial charge in [0.15, 0.2) is 10.8 Å². The summed E-state index contributed by atoms with van der Waals surface area (Å²) < 4.78 is 53.0. The lowest BCUT2D eigenvalue weighted by molar-refractivity contribution is -0.141. The number of halogens is 4. The lowest BCUT2D eigenvalue weighted by atomic mass is 9.99. The number of rotatable bonds is 5. The van der Waals surface area contributed by atoms with Crippen molar-refractivity contribution in [1.82, 2.24) is 29.4 Å². The van der Waals surface area contributed by atoms with Gasteiger partial charge in [-0.05, 0) is 115 Å². The number of aryl methyl sites for hydroxylation is 3. The highest BCUT2D eigenvalue weighted by molar-refractivity contribution is 14.1. The van der Waals surface area contributed by atoms with Gasteiger partial charge in [-0.2, -0.15) is 23.4 Å². The molecule has 2 amide bonds. The summed E-state index contributed by atoms with van der Waals surface area (Å²) in [5.74, 6) is 2.47. The molecule has 0 bridgehead atoms. The third kappa shape index (κ3) is 17.5. The van der Waals surface area contributed by atoms with E-state index in [1.165, 1.54) is 39.0 Å². The zero-order valence-electron chi connectivity index (χ0n) is 31.4. The molecular formula is C34H54F3IN6O5S2. The number of carbonyl (C=O) groups is 3. The van der Waals surface area contributed by atoms with Crippen LogP contribution in [0.2, 0.25) is 0 Å². The van der Waals surface area contributed by atoms with Gasteiger partial charge in [-0.3, -0.25) is 14.2 Å². The molecule has 0 atom stereocenters. The maximum atomic E-state index is 12.7. The van der Waals surface area contributed by atoms with Crippen LogP contribution in [0.25, 0.3) is 0 Å². The molecule has 0 N–H and O–H groups in total. The Labute approximate surface area is 322 Å². The minimum absolute atomic E-state index is 0.171. The maximum absolute atomic E-state index is 12.7. The number of carbonyl (C=O) groups excluding carboxylic acids is 3. The number of hydrogen-bond acceptors (Lipinski definition) is 9. The van der Waals surface area contributed by atoms with Crippen LogP contribution in [0.4, 0.5) is 22.8 Å². The second kappa shape index (κ2) is 19.8. The van der Waals surface area contributed by atoms with Crippen molar-refractivity contribution in [3.63, 3.8) is 0 Å². The summed E-state index contributed by atoms with van der Waals surface area (Å²) >= 11 is 5.01. The number of alkyl halides is 3. The van der Waals surface area contributed by atoms with E-state index in [0.29, 0.717) is 35.7 Å². The van der Waals surface area contributed by atoms with Crippen LogP contribution in [0.3, 0.4) is 0 Å². The first-order valence-electron chi connectivity index (χ1n) is 16.9. The minimum atomic E-state index is -4.42. The summed E-state index contributed by atoms with van der Waals surface area (Å²) in [6.07, 6.45) is -1.40. The Hall–Kier alpha value is -2.15. The van der Waals surface area contributed by atoms with Crippen molar-refractivity contribution in [2.24, 2.45) is 25.9 Å². The van der Waals surface area contributed by atoms with Crippen LogP contribution in [0, 0.1) is 22.5 Å². The van der Waals surface area contributed by atoms with Crippen LogP contribution in [0.5, 0.6) is 0 Å². The average Bonchev–Trinajstić information content (AvgIpc) is 3.53. The topological polar surface area (TPSA) is 112 Å². The standard InChI is InChI=1S/C16H24F3N3O2S.C13H23NO3S.C5H7IN2/c1-15(2,3)24-14(23)22-7-5-11(6-8-22)10-25-13-9-12(16(17,18)19)20-21(13)4;1-10(15)18-9-11-5-7-14(8-6-11)12(16)17-13(2,3)4;1-4-3-5(6)8(2)7-4/h9,11H,5-8,10H2,1-4H3;11H,5-9H2,1-4H3;3H,1-2H3. The van der Waals surface area contributed by atoms with Gasteiger partial charge < -0.3 is 19.3 Å². The van der Waals surface area contributed by atoms with E-state index >= 15 is 0 Å². The first-order valence-corrected chi connectivity index (χ1v) is 20.0. The first kappa shape index (κ1) is 45.0. The number of amides is 2. The molecule has 2 aromatic rings. The molecule has 4 heterocycles. The smallest absolute Gasteiger partial charge is 0.435 e. The summed E-state index contributed by atoms with van der Waals surface area (Å²) in [7, 11) is 3.46. The van der Waals surface area contributed by atoms with E-state index in [0.717, 1.165) is 56.3 Å². The molecule has 11 nitrogen and oxygen atoms in total. The monoisotopic (exact) mass is 874 g/mol. The van der Waals surface area contributed by atoms with E-state index in [2.05, 4.69) is 32.8 Å². The normalized spacial score (nSPS) is 16.1. The van der Waals surface area contributed by atoms with Gasteiger partial charge >= 0.3 is 18.4 Å². The third-order valence-electron chi connectivity index (χ3n) is 7.59. The van der Waals surface area contributed by atoms with Gasteiger partial charge in [-0.15, -0.1) is 11.8 Å². The molecule has 2 aromatic heterocycles. The Morgan fingerprint density at radius 3 is 1.57 bits per heavy atom. The second-order valence-corrected chi connectivity index (χ2v) is 18.0. The van der Waals surface area contributed by atoms with Crippen LogP contribution in [-0.2, 0) is 34.5 Å². The Morgan fingerprint density at radius 2 is 1.25 bits per heavy atom. The SMILES string of the molecule is CC(=O)SCC1CCN(C(=O)OC(C)(C)C)CC1.Cc1cc(I)n(C)n1.Cn1nc(C(F)(F)F)cc1SCC1CCN(C(=O)OC(C)(C)C)CC1. The average molecular weight is 875 g/mol. The molecule has 0 spiro atoms. The fraction of sp³-hybridized carbons (Fsp3) is 0.735. The second-order valence-electron chi connectivity index (χ2n) is 14.7. The predicted molar refractivity (Wildman–Crippen MR) is 204 cm³/mol. The van der Waals surface area contributed by atoms with E-state index in [1.807, 2.05) is 66.3 Å². The number of nitrogens with zero attached hydrogens (tertiary/aromatic N) is 6. The number of thioether (sulfide) groups is 2. The summed E-state index contributed by atoms with van der Waals surface area (Å²) in [6, 6.07) is 3.13. The highest BCUT2D eigenvalue weighted by atomic mass is 127. The van der Waals surface area contributed by atoms with E-state index < -0.39 is 23.1 Å². The molecule has 2 fully saturated rings. The van der Waals surface area contributed by atoms with E-state index in [4.69, 9.17) is 9.47 Å². The highest BCUT2D eigenvalue weighted by Crippen LogP contribution is 2.33. The zero-order valence-corrected chi connectivity index (χ0v) is 35.2. The van der Waals surface area contributed by atoms with Gasteiger partial charge in [0.2, 0.25) is 0 Å². The molecule has 0 saturated carbocycles. The summed E-state index contributed by atoms with van der Waals surface area (Å²) in [6.45, 7) is 17.4. The summed E-state index contributed by atoms with van der Waals surface area (Å²) in [4.78, 5) is 38.2. The van der Waals surface area contributed by atoms with Gasteiger partial charge in [0.25, 0.3) is 0 Å². The van der Waals surface area contributed by atoms with E-state index in [1.54, 1.807) is 16.7 Å². The van der Waals surface area contributed by atoms with Crippen LogP contribution in [-0.4, -0.2) is 95.5 Å². The Bertz CT molecular complexity index is 1410. The third-order valence-corrected chi connectivity index (χ3v) is 11.0. The minimum Gasteiger partial charge on any atom is -0.444 e. The summed E-state index contributed by atoms with van der Waals surface area (Å²) in [5.41, 5.74) is -0.730. The van der Waals surface area contributed by atoms with Crippen molar-refractivity contribution in [3.8, 4) is 0 Å². The number of hydrogen-bond donors (Lipinski definition) is 0. The van der Waals surface area contributed by atoms with Crippen molar-refractivity contribution in [3.05, 3.63) is 27.2 Å². The first-order chi connectivity index (χ1) is 23.4. The Balaban J connectivity index is 0.000000300. The summed E-state index contributed by atoms with van der Waals surface area (Å²) in [5, 5.41) is 8.31. The molecular weight excluding hydrogens is 820 g/mol. The Kier molecular flexibility index (Phi) is 17.5. The molecule has 51 heavy (non-hydrogen) atoms. The maximum Gasteiger partial charge on any atom is 0.435 e. The van der Waals surface area contributed by atoms with Crippen molar-refractivity contribution >= 4 is 63.4 Å². The van der Waals surface area contributed by atoms with Gasteiger partial charge in [0.1, 0.15) is 11.2 Å². The van der Waals surface area contributed by atoms with Crippen LogP contribution in [0.15, 0.2) is 17.2 Å². The number of ether oxygens (including phenoxy) is 2. The zero-order chi connectivity index (χ0) is 38.7. The molecule has 4 rings (SSSR count). The van der Waals surface area contributed by atoms with Crippen molar-refractivity contribution in [2.45, 2.75) is 103 Å². The number of aromatic nitrogens is 4. The largest absolute Gasteiger partial charge is 0.444 e. The van der Waals surface area contributed by atoms with E-state index in [-0.39, 0.29) is 17.3 Å². The number of piperidine rings is 2. The van der Waals surface area contributed by atoms with Gasteiger partial charge in [0, 0.05) is 64.8 Å². The van der Waals surface area contributed by atoms with E-state index in [9.17, 15) is 27.6 Å². The quantitative estimate of drug-likeness (QED) is 0.216. The molecule has 290 valence electrons. The van der Waals surface area contributed by atoms with Crippen molar-refractivity contribution in [1.29, 1.82) is 0 Å². The predicted octanol–water partition coefficient (Wildman–Crippen LogP) is 8.42. The molecule has 2 saturated heterocycles. The molecule has 2 aliphatic rings. The molecule has 0 radical (unpaired) electrons. The molecule has 0 aliphatic carbocycles. The van der Waals surface area contributed by atoms with Crippen LogP contribution < -0.4 is 0 Å². The Morgan fingerprint density at radius 1 is 0.804 bits per heavy atom. The number of likely N-dealkylation sites (tertiary alicyclic amines) is 2. The lowest BCUT2D eigenvalue weighted by Gasteiger charge is -2.33. The highest BCUT2D eigenvalue weighted by Gasteiger charge is 2.35.